The first-order valence-corrected chi connectivity index (χ1v) is 8.91. The molecular weight excluding hydrogens is 242 g/mol. The van der Waals surface area contributed by atoms with Crippen LogP contribution in [0.15, 0.2) is 0 Å². The summed E-state index contributed by atoms with van der Waals surface area (Å²) in [6.45, 7) is 13.8. The molecule has 2 aliphatic carbocycles. The Kier molecular flexibility index (Phi) is 3.52. The normalized spacial score (nSPS) is 49.8. The van der Waals surface area contributed by atoms with Crippen molar-refractivity contribution in [2.24, 2.45) is 34.5 Å². The maximum absolute atomic E-state index is 2.75. The zero-order valence-electron chi connectivity index (χ0n) is 14.6. The van der Waals surface area contributed by atoms with E-state index < -0.39 is 0 Å². The first-order chi connectivity index (χ1) is 9.21. The molecule has 0 aromatic rings. The molecule has 3 aliphatic rings. The zero-order valence-corrected chi connectivity index (χ0v) is 14.6. The molecule has 0 spiro atoms. The third-order valence-electron chi connectivity index (χ3n) is 6.93. The second-order valence-corrected chi connectivity index (χ2v) is 9.81. The van der Waals surface area contributed by atoms with Crippen LogP contribution in [0.3, 0.4) is 0 Å². The predicted octanol–water partition coefficient (Wildman–Crippen LogP) is 4.82. The van der Waals surface area contributed by atoms with Gasteiger partial charge in [0.15, 0.2) is 0 Å². The molecule has 1 heterocycles. The van der Waals surface area contributed by atoms with Gasteiger partial charge in [-0.25, -0.2) is 0 Å². The molecular formula is C19H35N. The van der Waals surface area contributed by atoms with Crippen LogP contribution in [-0.2, 0) is 0 Å². The van der Waals surface area contributed by atoms with Crippen LogP contribution in [0.4, 0.5) is 0 Å². The van der Waals surface area contributed by atoms with Gasteiger partial charge in [-0.2, -0.15) is 0 Å². The minimum atomic E-state index is 0.420. The number of hydrogen-bond donors (Lipinski definition) is 0. The van der Waals surface area contributed by atoms with E-state index in [1.807, 2.05) is 0 Å². The number of hydrogen-bond acceptors (Lipinski definition) is 1. The average Bonchev–Trinajstić information content (AvgIpc) is 2.75. The van der Waals surface area contributed by atoms with Crippen LogP contribution < -0.4 is 0 Å². The summed E-state index contributed by atoms with van der Waals surface area (Å²) in [5.74, 6) is 3.89. The van der Waals surface area contributed by atoms with Crippen molar-refractivity contribution in [1.29, 1.82) is 0 Å². The fourth-order valence-corrected chi connectivity index (χ4v) is 5.96. The maximum Gasteiger partial charge on any atom is 0.0174 e. The Balaban J connectivity index is 1.84. The Morgan fingerprint density at radius 1 is 1.10 bits per heavy atom. The van der Waals surface area contributed by atoms with Gasteiger partial charge in [0.2, 0.25) is 0 Å². The van der Waals surface area contributed by atoms with Crippen LogP contribution in [0.1, 0.15) is 66.7 Å². The summed E-state index contributed by atoms with van der Waals surface area (Å²) in [6, 6.07) is 0.785. The number of rotatable bonds is 0. The Bertz CT molecular complexity index is 368. The summed E-state index contributed by atoms with van der Waals surface area (Å²) >= 11 is 0. The molecule has 1 nitrogen and oxygen atoms in total. The second kappa shape index (κ2) is 4.73. The molecule has 0 radical (unpaired) electrons. The highest BCUT2D eigenvalue weighted by atomic mass is 15.2. The van der Waals surface area contributed by atoms with E-state index in [2.05, 4.69) is 46.6 Å². The number of nitrogens with zero attached hydrogens (tertiary/aromatic N) is 1. The molecule has 0 aromatic carbocycles. The van der Waals surface area contributed by atoms with Gasteiger partial charge in [-0.05, 0) is 73.7 Å². The van der Waals surface area contributed by atoms with Crippen molar-refractivity contribution in [2.45, 2.75) is 72.8 Å². The topological polar surface area (TPSA) is 3.24 Å². The zero-order chi connectivity index (χ0) is 14.7. The lowest BCUT2D eigenvalue weighted by Gasteiger charge is -2.41. The highest BCUT2D eigenvalue weighted by Gasteiger charge is 2.56. The third-order valence-corrected chi connectivity index (χ3v) is 6.93. The van der Waals surface area contributed by atoms with Gasteiger partial charge in [0.05, 0.1) is 0 Å². The molecule has 1 aliphatic heterocycles. The van der Waals surface area contributed by atoms with Crippen molar-refractivity contribution in [1.82, 2.24) is 4.90 Å². The van der Waals surface area contributed by atoms with Crippen LogP contribution >= 0.6 is 0 Å². The molecule has 0 amide bonds. The average molecular weight is 277 g/mol. The van der Waals surface area contributed by atoms with Gasteiger partial charge in [0.1, 0.15) is 0 Å². The van der Waals surface area contributed by atoms with Crippen LogP contribution in [-0.4, -0.2) is 24.5 Å². The Hall–Kier alpha value is -0.0400. The highest BCUT2D eigenvalue weighted by Crippen LogP contribution is 2.58. The minimum absolute atomic E-state index is 0.420. The van der Waals surface area contributed by atoms with E-state index >= 15 is 0 Å². The molecule has 20 heavy (non-hydrogen) atoms. The molecule has 6 atom stereocenters. The summed E-state index contributed by atoms with van der Waals surface area (Å²) in [6.07, 6.45) is 7.44. The monoisotopic (exact) mass is 277 g/mol. The van der Waals surface area contributed by atoms with E-state index in [0.717, 1.165) is 29.7 Å². The van der Waals surface area contributed by atoms with Gasteiger partial charge >= 0.3 is 0 Å². The van der Waals surface area contributed by atoms with Gasteiger partial charge in [0, 0.05) is 12.6 Å². The van der Waals surface area contributed by atoms with E-state index in [-0.39, 0.29) is 0 Å². The van der Waals surface area contributed by atoms with E-state index in [1.165, 1.54) is 38.6 Å². The fraction of sp³-hybridized carbons (Fsp3) is 1.00. The maximum atomic E-state index is 2.75. The predicted molar refractivity (Wildman–Crippen MR) is 86.7 cm³/mol. The lowest BCUT2D eigenvalue weighted by Crippen LogP contribution is -2.46. The minimum Gasteiger partial charge on any atom is -0.302 e. The quantitative estimate of drug-likeness (QED) is 0.614. The van der Waals surface area contributed by atoms with Crippen molar-refractivity contribution in [3.8, 4) is 0 Å². The third kappa shape index (κ3) is 2.56. The van der Waals surface area contributed by atoms with Crippen molar-refractivity contribution in [3.05, 3.63) is 0 Å². The highest BCUT2D eigenvalue weighted by molar-refractivity contribution is 5.06. The molecule has 0 aromatic heterocycles. The van der Waals surface area contributed by atoms with Crippen molar-refractivity contribution in [3.63, 3.8) is 0 Å². The van der Waals surface area contributed by atoms with Crippen LogP contribution in [0, 0.1) is 34.5 Å². The molecule has 6 unspecified atom stereocenters. The summed E-state index contributed by atoms with van der Waals surface area (Å²) in [5.41, 5.74) is 1.09. The molecule has 1 heteroatoms. The van der Waals surface area contributed by atoms with Gasteiger partial charge in [-0.3, -0.25) is 0 Å². The lowest BCUT2D eigenvalue weighted by atomic mass is 9.78. The molecule has 0 N–H and O–H groups in total. The molecule has 2 saturated carbocycles. The summed E-state index contributed by atoms with van der Waals surface area (Å²) in [7, 11) is 2.41. The van der Waals surface area contributed by atoms with Crippen molar-refractivity contribution in [2.75, 3.05) is 13.6 Å². The van der Waals surface area contributed by atoms with Crippen LogP contribution in [0.2, 0.25) is 0 Å². The first-order valence-electron chi connectivity index (χ1n) is 8.91. The first kappa shape index (κ1) is 14.9. The molecule has 2 bridgehead atoms. The van der Waals surface area contributed by atoms with E-state index in [0.29, 0.717) is 10.8 Å². The standard InChI is InChI=1S/C19H35N/c1-13-15-8-10-19(5)9-7-14(11-19)12-20(6)17(16(13)15)18(2,3)4/h13-17H,7-12H2,1-6H3. The summed E-state index contributed by atoms with van der Waals surface area (Å²) in [5, 5.41) is 0. The van der Waals surface area contributed by atoms with E-state index in [9.17, 15) is 0 Å². The second-order valence-electron chi connectivity index (χ2n) is 9.81. The fourth-order valence-electron chi connectivity index (χ4n) is 5.96. The SMILES string of the molecule is CC1C2CCC3(C)CCC(CN(C)C(C(C)(C)C)C12)C3. The Morgan fingerprint density at radius 3 is 2.40 bits per heavy atom. The Labute approximate surface area is 126 Å². The van der Waals surface area contributed by atoms with Gasteiger partial charge in [0.25, 0.3) is 0 Å². The van der Waals surface area contributed by atoms with Crippen LogP contribution in [0.5, 0.6) is 0 Å². The van der Waals surface area contributed by atoms with E-state index in [4.69, 9.17) is 0 Å². The lowest BCUT2D eigenvalue weighted by molar-refractivity contribution is 0.0775. The molecule has 3 fully saturated rings. The summed E-state index contributed by atoms with van der Waals surface area (Å²) < 4.78 is 0. The number of fused-ring (bicyclic) bond motifs is 3. The van der Waals surface area contributed by atoms with Crippen molar-refractivity contribution >= 4 is 0 Å². The molecule has 1 saturated heterocycles. The molecule has 116 valence electrons. The van der Waals surface area contributed by atoms with E-state index in [1.54, 1.807) is 0 Å². The van der Waals surface area contributed by atoms with Gasteiger partial charge in [-0.15, -0.1) is 0 Å². The largest absolute Gasteiger partial charge is 0.302 e. The Morgan fingerprint density at radius 2 is 1.75 bits per heavy atom. The molecule has 3 rings (SSSR count). The van der Waals surface area contributed by atoms with Gasteiger partial charge in [-0.1, -0.05) is 34.6 Å². The van der Waals surface area contributed by atoms with Crippen LogP contribution in [0.25, 0.3) is 0 Å². The van der Waals surface area contributed by atoms with Crippen molar-refractivity contribution < 1.29 is 0 Å². The smallest absolute Gasteiger partial charge is 0.0174 e. The summed E-state index contributed by atoms with van der Waals surface area (Å²) in [4.78, 5) is 2.75. The van der Waals surface area contributed by atoms with Gasteiger partial charge < -0.3 is 4.90 Å².